The van der Waals surface area contributed by atoms with Crippen LogP contribution in [0.25, 0.3) is 0 Å². The average Bonchev–Trinajstić information content (AvgIpc) is 2.98. The maximum absolute atomic E-state index is 12.2. The summed E-state index contributed by atoms with van der Waals surface area (Å²) in [6, 6.07) is 6.26. The van der Waals surface area contributed by atoms with Gasteiger partial charge >= 0.3 is 0 Å². The van der Waals surface area contributed by atoms with Gasteiger partial charge < -0.3 is 16.0 Å². The molecule has 1 aliphatic rings. The van der Waals surface area contributed by atoms with Gasteiger partial charge in [-0.3, -0.25) is 14.7 Å². The molecular formula is C19H32IN5O. The number of halogens is 1. The largest absolute Gasteiger partial charge is 0.370 e. The zero-order valence-electron chi connectivity index (χ0n) is 16.3. The van der Waals surface area contributed by atoms with Gasteiger partial charge in [0, 0.05) is 32.9 Å². The second-order valence-corrected chi connectivity index (χ2v) is 7.05. The number of hydrogen-bond donors (Lipinski definition) is 2. The number of likely N-dealkylation sites (tertiary alicyclic amines) is 1. The van der Waals surface area contributed by atoms with Gasteiger partial charge in [-0.15, -0.1) is 24.0 Å². The SMILES string of the molecule is Cc1cc(C)cc(NC(N)=NCCCN2CCCC2C(=O)N(C)C)c1.I. The molecule has 3 N–H and O–H groups in total. The van der Waals surface area contributed by atoms with Crippen LogP contribution in [0.1, 0.15) is 30.4 Å². The number of aliphatic imine (C=N–C) groups is 1. The number of amides is 1. The van der Waals surface area contributed by atoms with E-state index in [9.17, 15) is 4.79 Å². The zero-order valence-corrected chi connectivity index (χ0v) is 18.6. The van der Waals surface area contributed by atoms with Crippen molar-refractivity contribution >= 4 is 41.5 Å². The first-order valence-electron chi connectivity index (χ1n) is 8.97. The summed E-state index contributed by atoms with van der Waals surface area (Å²) in [6.45, 7) is 6.65. The summed E-state index contributed by atoms with van der Waals surface area (Å²) in [6.07, 6.45) is 2.94. The van der Waals surface area contributed by atoms with E-state index in [0.717, 1.165) is 38.0 Å². The lowest BCUT2D eigenvalue weighted by Crippen LogP contribution is -2.43. The lowest BCUT2D eigenvalue weighted by atomic mass is 10.1. The molecule has 1 fully saturated rings. The highest BCUT2D eigenvalue weighted by Gasteiger charge is 2.30. The molecule has 0 saturated carbocycles. The summed E-state index contributed by atoms with van der Waals surface area (Å²) < 4.78 is 0. The van der Waals surface area contributed by atoms with Gasteiger partial charge in [0.2, 0.25) is 5.91 Å². The van der Waals surface area contributed by atoms with E-state index < -0.39 is 0 Å². The number of rotatable bonds is 6. The van der Waals surface area contributed by atoms with Crippen LogP contribution in [0.4, 0.5) is 5.69 Å². The highest BCUT2D eigenvalue weighted by atomic mass is 127. The number of guanidine groups is 1. The Balaban J connectivity index is 0.00000338. The molecule has 1 aromatic rings. The molecule has 2 rings (SSSR count). The van der Waals surface area contributed by atoms with E-state index in [1.54, 1.807) is 4.90 Å². The Morgan fingerprint density at radius 2 is 1.96 bits per heavy atom. The molecule has 0 spiro atoms. The van der Waals surface area contributed by atoms with Crippen molar-refractivity contribution in [2.75, 3.05) is 39.0 Å². The fourth-order valence-electron chi connectivity index (χ4n) is 3.38. The Morgan fingerprint density at radius 3 is 2.58 bits per heavy atom. The van der Waals surface area contributed by atoms with Crippen LogP contribution < -0.4 is 11.1 Å². The van der Waals surface area contributed by atoms with Crippen LogP contribution in [-0.4, -0.2) is 61.4 Å². The van der Waals surface area contributed by atoms with Crippen LogP contribution >= 0.6 is 24.0 Å². The number of carbonyl (C=O) groups is 1. The average molecular weight is 473 g/mol. The van der Waals surface area contributed by atoms with E-state index >= 15 is 0 Å². The highest BCUT2D eigenvalue weighted by molar-refractivity contribution is 14.0. The predicted molar refractivity (Wildman–Crippen MR) is 119 cm³/mol. The number of benzene rings is 1. The van der Waals surface area contributed by atoms with Crippen molar-refractivity contribution in [3.8, 4) is 0 Å². The van der Waals surface area contributed by atoms with Gasteiger partial charge in [0.1, 0.15) is 0 Å². The number of carbonyl (C=O) groups excluding carboxylic acids is 1. The number of aryl methyl sites for hydroxylation is 2. The van der Waals surface area contributed by atoms with Gasteiger partial charge in [-0.1, -0.05) is 6.07 Å². The molecular weight excluding hydrogens is 441 g/mol. The van der Waals surface area contributed by atoms with Gasteiger partial charge in [-0.2, -0.15) is 0 Å². The fourth-order valence-corrected chi connectivity index (χ4v) is 3.38. The Morgan fingerprint density at radius 1 is 1.31 bits per heavy atom. The molecule has 1 aromatic carbocycles. The van der Waals surface area contributed by atoms with Gasteiger partial charge in [0.25, 0.3) is 0 Å². The van der Waals surface area contributed by atoms with Crippen LogP contribution in [0.2, 0.25) is 0 Å². The number of hydrogen-bond acceptors (Lipinski definition) is 3. The monoisotopic (exact) mass is 473 g/mol. The Hall–Kier alpha value is -1.35. The molecule has 7 heteroatoms. The molecule has 1 heterocycles. The molecule has 26 heavy (non-hydrogen) atoms. The summed E-state index contributed by atoms with van der Waals surface area (Å²) >= 11 is 0. The lowest BCUT2D eigenvalue weighted by Gasteiger charge is -2.25. The maximum Gasteiger partial charge on any atom is 0.239 e. The molecule has 0 aliphatic carbocycles. The lowest BCUT2D eigenvalue weighted by molar-refractivity contribution is -0.133. The molecule has 1 atom stereocenters. The minimum atomic E-state index is 0. The van der Waals surface area contributed by atoms with E-state index in [4.69, 9.17) is 5.73 Å². The predicted octanol–water partition coefficient (Wildman–Crippen LogP) is 2.59. The van der Waals surface area contributed by atoms with Crippen molar-refractivity contribution in [1.82, 2.24) is 9.80 Å². The Bertz CT molecular complexity index is 612. The van der Waals surface area contributed by atoms with Crippen molar-refractivity contribution in [2.45, 2.75) is 39.2 Å². The van der Waals surface area contributed by atoms with E-state index in [0.29, 0.717) is 12.5 Å². The second kappa shape index (κ2) is 10.7. The van der Waals surface area contributed by atoms with E-state index in [1.165, 1.54) is 11.1 Å². The normalized spacial score (nSPS) is 17.7. The van der Waals surface area contributed by atoms with Crippen molar-refractivity contribution in [1.29, 1.82) is 0 Å². The summed E-state index contributed by atoms with van der Waals surface area (Å²) in [7, 11) is 3.64. The molecule has 0 bridgehead atoms. The first-order chi connectivity index (χ1) is 11.9. The van der Waals surface area contributed by atoms with Crippen LogP contribution in [0, 0.1) is 13.8 Å². The first kappa shape index (κ1) is 22.7. The molecule has 1 amide bonds. The summed E-state index contributed by atoms with van der Waals surface area (Å²) in [4.78, 5) is 20.5. The topological polar surface area (TPSA) is 74.0 Å². The number of nitrogens with two attached hydrogens (primary N) is 1. The Kier molecular flexibility index (Phi) is 9.35. The minimum absolute atomic E-state index is 0. The number of anilines is 1. The second-order valence-electron chi connectivity index (χ2n) is 7.05. The minimum Gasteiger partial charge on any atom is -0.370 e. The van der Waals surface area contributed by atoms with Crippen molar-refractivity contribution in [3.63, 3.8) is 0 Å². The van der Waals surface area contributed by atoms with Crippen LogP contribution in [0.3, 0.4) is 0 Å². The highest BCUT2D eigenvalue weighted by Crippen LogP contribution is 2.19. The van der Waals surface area contributed by atoms with E-state index in [-0.39, 0.29) is 35.9 Å². The van der Waals surface area contributed by atoms with Gasteiger partial charge in [0.05, 0.1) is 6.04 Å². The Labute approximate surface area is 174 Å². The van der Waals surface area contributed by atoms with Crippen molar-refractivity contribution < 1.29 is 4.79 Å². The number of nitrogens with one attached hydrogen (secondary N) is 1. The molecule has 146 valence electrons. The third-order valence-corrected chi connectivity index (χ3v) is 4.47. The third kappa shape index (κ3) is 6.75. The number of likely N-dealkylation sites (N-methyl/N-ethyl adjacent to an activating group) is 1. The van der Waals surface area contributed by atoms with Gasteiger partial charge in [-0.05, 0) is 62.9 Å². The van der Waals surface area contributed by atoms with Crippen molar-refractivity contribution in [3.05, 3.63) is 29.3 Å². The maximum atomic E-state index is 12.2. The number of nitrogens with zero attached hydrogens (tertiary/aromatic N) is 3. The molecule has 0 radical (unpaired) electrons. The molecule has 1 unspecified atom stereocenters. The standard InChI is InChI=1S/C19H31N5O.HI/c1-14-11-15(2)13-16(12-14)22-19(20)21-8-6-10-24-9-5-7-17(24)18(25)23(3)4;/h11-13,17H,5-10H2,1-4H3,(H3,20,21,22);1H. The molecule has 1 aliphatic heterocycles. The molecule has 1 saturated heterocycles. The quantitative estimate of drug-likeness (QED) is 0.288. The molecule has 0 aromatic heterocycles. The van der Waals surface area contributed by atoms with Crippen molar-refractivity contribution in [2.24, 2.45) is 10.7 Å². The van der Waals surface area contributed by atoms with Gasteiger partial charge in [0.15, 0.2) is 5.96 Å². The third-order valence-electron chi connectivity index (χ3n) is 4.47. The summed E-state index contributed by atoms with van der Waals surface area (Å²) in [5.41, 5.74) is 9.34. The summed E-state index contributed by atoms with van der Waals surface area (Å²) in [5.74, 6) is 0.643. The van der Waals surface area contributed by atoms with E-state index in [2.05, 4.69) is 47.3 Å². The zero-order chi connectivity index (χ0) is 18.4. The first-order valence-corrected chi connectivity index (χ1v) is 8.97. The summed E-state index contributed by atoms with van der Waals surface area (Å²) in [5, 5.41) is 3.15. The van der Waals surface area contributed by atoms with Crippen LogP contribution in [-0.2, 0) is 4.79 Å². The smallest absolute Gasteiger partial charge is 0.239 e. The van der Waals surface area contributed by atoms with Crippen LogP contribution in [0.5, 0.6) is 0 Å². The van der Waals surface area contributed by atoms with Crippen LogP contribution in [0.15, 0.2) is 23.2 Å². The molecule has 6 nitrogen and oxygen atoms in total. The van der Waals surface area contributed by atoms with E-state index in [1.807, 2.05) is 14.1 Å². The van der Waals surface area contributed by atoms with Gasteiger partial charge in [-0.25, -0.2) is 0 Å². The fraction of sp³-hybridized carbons (Fsp3) is 0.579.